The maximum Gasteiger partial charge on any atom is 0.404 e. The third-order valence-corrected chi connectivity index (χ3v) is 28.4. The molecule has 18 rings (SSSR count). The fraction of sp³-hybridized carbons (Fsp3) is 0.730. The van der Waals surface area contributed by atoms with Crippen molar-refractivity contribution in [3.63, 3.8) is 0 Å². The minimum absolute atomic E-state index is 0.00899. The zero-order chi connectivity index (χ0) is 110. The molecule has 0 aromatic heterocycles. The molecule has 0 bridgehead atoms. The number of aliphatic hydroxyl groups excluding tert-OH is 1. The van der Waals surface area contributed by atoms with Crippen LogP contribution in [0, 0.1) is 0 Å². The number of carbonyl (C=O) groups excluding carboxylic acids is 6. The van der Waals surface area contributed by atoms with Gasteiger partial charge in [-0.2, -0.15) is 4.21 Å². The number of aliphatic imine (C=N–C) groups is 12. The van der Waals surface area contributed by atoms with Gasteiger partial charge in [0.15, 0.2) is 124 Å². The standard InChI is InChI=1S/C13H24N8O4.C13H23N7O4.C13H21N7O4.C12H22N8O4.C12H21N7O8.C11H19N7O4.OS/c1-17-3-2-6-4-12(23,24)13-8(19-9(14)20-13)7(5-25-11(16)22)18-10(15)21(6)13;2*1-2-3-6-4-12(22,23)13-8(18-9(14)19-13)7(5-24-11(16)21)17-10(15)20(6)13;13-2-1-5-3-11(22,23)12-7(18-8(14)19-12)6(4-24-10(16)21)17-9(15)20(5)12;13-8-17-6-4(3-25-10(15)21)16-9(14)19-5(1-2-20)7(26-27-24)12(22,23)11(6,19)18-8;1-4-2-10(20,21)11-6(16-7(12)17-11)5(3-22-9(14)19)15-8(13)18(4)11;1-2/h6-8,17,23-24H,2-5H2,1H3,(H2,15,18)(H2,16,22)(H3,14,19,20);6-8,22-23H,2-5H2,1H3,(H2,15,17)(H2,16,21)(H3,14,18,19);2,6-8,22-23H,1,3-5H2,(H2,15,17)(H2,16,21)(H3,14,18,19);5-7,22-23H,1-4,13H2,(H2,15,17)(H2,16,21)(H3,14,18,19);4-7,20,22-24H,1-3H2,(H2,14,16)(H2,15,21)(H3,13,17,18);4-6,20-21H,2-3H2,1H3,(H2,13,15)(H2,14,19)(H3,12,16,17);/p-1/t6?,7-,8-,13-;6-,7-,8-,13-;6?,7-,8-,13-;5?,6-,7-,12-;4-,5?,6-,7-,11-;4?,5-,6-,11-;/m000000./s1. The van der Waals surface area contributed by atoms with Crippen molar-refractivity contribution >= 4 is 121 Å². The van der Waals surface area contributed by atoms with Gasteiger partial charge in [-0.25, -0.2) is 93.6 Å². The van der Waals surface area contributed by atoms with Gasteiger partial charge in [0.1, 0.15) is 112 Å². The Hall–Kier alpha value is -14.1. The van der Waals surface area contributed by atoms with Crippen molar-refractivity contribution in [1.82, 2.24) is 66.6 Å². The van der Waals surface area contributed by atoms with Crippen LogP contribution in [0.2, 0.25) is 0 Å². The first-order valence-electron chi connectivity index (χ1n) is 45.6. The normalized spacial score (nSPS) is 36.0. The molecule has 0 aliphatic carbocycles. The maximum absolute atomic E-state index is 10.9. The fourth-order valence-electron chi connectivity index (χ4n) is 23.5. The number of rotatable bonds is 25. The molecule has 18 heterocycles. The molecule has 5 unspecified atom stereocenters. The van der Waals surface area contributed by atoms with Gasteiger partial charge in [0.2, 0.25) is 34.7 Å². The quantitative estimate of drug-likeness (QED) is 0.0133. The van der Waals surface area contributed by atoms with Gasteiger partial charge in [-0.05, 0) is 59.2 Å². The minimum Gasteiger partial charge on any atom is -0.692 e. The Morgan fingerprint density at radius 3 is 0.919 bits per heavy atom. The second-order valence-electron chi connectivity index (χ2n) is 37.2. The number of hydrogen-bond donors (Lipinski definition) is 39. The molecule has 18 aliphatic heterocycles. The first-order chi connectivity index (χ1) is 69.3. The fourth-order valence-corrected chi connectivity index (χ4v) is 23.5. The van der Waals surface area contributed by atoms with E-state index in [1.54, 1.807) is 44.5 Å². The molecule has 6 amide bonds. The summed E-state index contributed by atoms with van der Waals surface area (Å²) in [4.78, 5) is 130. The Morgan fingerprint density at radius 1 is 0.399 bits per heavy atom. The molecule has 58 N–H and O–H groups in total. The largest absolute Gasteiger partial charge is 0.692 e. The van der Waals surface area contributed by atoms with Crippen LogP contribution < -0.4 is 151 Å². The average molecular weight is 2130 g/mol. The van der Waals surface area contributed by atoms with Gasteiger partial charge in [-0.15, -0.1) is 6.58 Å². The van der Waals surface area contributed by atoms with E-state index < -0.39 is 197 Å². The molecule has 148 heavy (non-hydrogen) atoms. The van der Waals surface area contributed by atoms with Crippen molar-refractivity contribution in [2.45, 2.75) is 268 Å². The van der Waals surface area contributed by atoms with Gasteiger partial charge in [0.05, 0.1) is 6.04 Å². The summed E-state index contributed by atoms with van der Waals surface area (Å²) in [5.74, 6) is -13.5. The number of nitrogens with two attached hydrogens (primary N) is 19. The lowest BCUT2D eigenvalue weighted by Crippen LogP contribution is -2.78. The number of aliphatic hydroxyl groups is 13. The Bertz CT molecular complexity index is 5290. The van der Waals surface area contributed by atoms with Gasteiger partial charge >= 0.3 is 36.6 Å². The number of carbonyl (C=O) groups is 6. The molecule has 74 heteroatoms. The van der Waals surface area contributed by atoms with Crippen LogP contribution in [0.1, 0.15) is 84.5 Å². The highest BCUT2D eigenvalue weighted by Crippen LogP contribution is 2.56. The van der Waals surface area contributed by atoms with Crippen LogP contribution in [-0.4, -0.2) is 458 Å². The minimum atomic E-state index is -2.84. The molecule has 0 saturated carbocycles. The molecule has 6 saturated heterocycles. The van der Waals surface area contributed by atoms with E-state index in [0.717, 1.165) is 6.42 Å². The van der Waals surface area contributed by atoms with E-state index in [-0.39, 0.29) is 180 Å². The molecule has 18 aliphatic rings. The first kappa shape index (κ1) is 113. The molecule has 826 valence electrons. The zero-order valence-corrected chi connectivity index (χ0v) is 80.5. The summed E-state index contributed by atoms with van der Waals surface area (Å²) in [5, 5.41) is 172. The molecule has 0 aromatic carbocycles. The van der Waals surface area contributed by atoms with Gasteiger partial charge in [-0.3, -0.25) is 5.04 Å². The van der Waals surface area contributed by atoms with Crippen LogP contribution in [0.15, 0.2) is 72.6 Å². The Morgan fingerprint density at radius 2 is 0.649 bits per heavy atom. The van der Waals surface area contributed by atoms with Crippen LogP contribution >= 0.6 is 0 Å². The van der Waals surface area contributed by atoms with E-state index in [0.29, 0.717) is 38.8 Å². The maximum atomic E-state index is 10.9. The van der Waals surface area contributed by atoms with E-state index in [1.807, 2.05) is 6.92 Å². The highest BCUT2D eigenvalue weighted by Gasteiger charge is 2.80. The number of nitrogens with one attached hydrogen (secondary N) is 7. The second kappa shape index (κ2) is 41.9. The van der Waals surface area contributed by atoms with E-state index in [9.17, 15) is 100 Å². The number of nitrogens with zero attached hydrogens (tertiary/aromatic N) is 18. The predicted molar refractivity (Wildman–Crippen MR) is 507 cm³/mol. The summed E-state index contributed by atoms with van der Waals surface area (Å²) >= 11 is 2.83. The Labute approximate surface area is 843 Å². The Balaban J connectivity index is 0.000000157. The topological polar surface area (TPSA) is 1230 Å². The highest BCUT2D eigenvalue weighted by atomic mass is 32.1. The van der Waals surface area contributed by atoms with E-state index in [1.165, 1.54) is 4.90 Å². The third kappa shape index (κ3) is 18.9. The van der Waals surface area contributed by atoms with Gasteiger partial charge in [-0.1, -0.05) is 19.4 Å². The first-order valence-corrected chi connectivity index (χ1v) is 46.0. The van der Waals surface area contributed by atoms with Gasteiger partial charge < -0.3 is 276 Å². The lowest BCUT2D eigenvalue weighted by Gasteiger charge is -2.49. The SMILES string of the molecule is C=CCC1CC(O)(O)[C@]23NC(N)=N[C@H]2[C@H](COC(N)=O)N=C(N)N13.CC1CC(O)(O)[C@]23NC(N)=N[C@H]2[C@H](COC(N)=O)N=C(N)N13.CCC[C@H]1CC(O)(O)[C@]23NC(N)=N[C@H]2[C@H](COC(N)=O)N=C(N)N13.CNCCC1CC(O)(O)[C@]23NC(N)=N[C@H]2[C@H](COC(N)=O)N=C(N)N13.NC(=O)OC[C@@H]1N=C(N)N2C(CCO)[C@H](OO[O-])C(O)(O)[C@@]23NC(N)=N[C@@H]13.NCCC1CC(O)(O)[C@]23NC(N)=N[C@H]2[C@H](COC(N)=O)N=C(N)N13.O=S. The number of primary amides is 6. The molecule has 0 radical (unpaired) electrons. The highest BCUT2D eigenvalue weighted by molar-refractivity contribution is 7.44. The van der Waals surface area contributed by atoms with Crippen LogP contribution in [0.5, 0.6) is 0 Å². The van der Waals surface area contributed by atoms with Gasteiger partial charge in [0.25, 0.3) is 0 Å². The van der Waals surface area contributed by atoms with Crippen LogP contribution in [0.4, 0.5) is 28.8 Å². The van der Waals surface area contributed by atoms with Crippen LogP contribution in [0.25, 0.3) is 0 Å². The van der Waals surface area contributed by atoms with Crippen molar-refractivity contribution in [3.8, 4) is 0 Å². The summed E-state index contributed by atoms with van der Waals surface area (Å²) < 4.78 is 36.6. The van der Waals surface area contributed by atoms with E-state index >= 15 is 0 Å². The lowest BCUT2D eigenvalue weighted by molar-refractivity contribution is -0.808. The number of hydrogen-bond acceptors (Lipinski definition) is 68. The van der Waals surface area contributed by atoms with Crippen molar-refractivity contribution in [2.75, 3.05) is 66.4 Å². The molecule has 0 aromatic rings. The molecule has 6 fully saturated rings. The van der Waals surface area contributed by atoms with Crippen LogP contribution in [-0.2, 0) is 50.9 Å². The molecule has 25 atom stereocenters. The average Bonchev–Trinajstić information content (AvgIpc) is 1.50. The summed E-state index contributed by atoms with van der Waals surface area (Å²) in [7, 11) is 1.80. The summed E-state index contributed by atoms with van der Waals surface area (Å²) in [6.45, 7) is 6.63. The van der Waals surface area contributed by atoms with Crippen molar-refractivity contribution in [3.05, 3.63) is 12.7 Å². The van der Waals surface area contributed by atoms with Crippen molar-refractivity contribution in [2.24, 2.45) is 169 Å². The lowest BCUT2D eigenvalue weighted by atomic mass is 9.86. The van der Waals surface area contributed by atoms with Gasteiger partial charge in [0, 0.05) is 68.9 Å². The number of ether oxygens (including phenoxy) is 6. The van der Waals surface area contributed by atoms with Crippen molar-refractivity contribution in [1.29, 1.82) is 0 Å². The number of amides is 6. The summed E-state index contributed by atoms with van der Waals surface area (Å²) in [6, 6.07) is -12.5. The third-order valence-electron chi connectivity index (χ3n) is 28.4. The monoisotopic (exact) mass is 2130 g/mol. The molecule has 73 nitrogen and oxygen atoms in total. The molecule has 6 spiro atoms. The predicted octanol–water partition coefficient (Wildman–Crippen LogP) is -23.3. The zero-order valence-electron chi connectivity index (χ0n) is 79.7. The second-order valence-corrected chi connectivity index (χ2v) is 37.2. The smallest absolute Gasteiger partial charge is 0.404 e. The summed E-state index contributed by atoms with van der Waals surface area (Å²) in [6.07, 6.45) is -2.89. The van der Waals surface area contributed by atoms with Crippen molar-refractivity contribution < 1.29 is 143 Å². The summed E-state index contributed by atoms with van der Waals surface area (Å²) in [5.41, 5.74) is 97.3. The molecular weight excluding hydrogens is 2000 g/mol. The Kier molecular flexibility index (Phi) is 31.9. The number of guanidine groups is 12. The molecular formula is C74H129N44O29S-. The van der Waals surface area contributed by atoms with E-state index in [4.69, 9.17) is 142 Å². The van der Waals surface area contributed by atoms with Crippen LogP contribution in [0.3, 0.4) is 0 Å². The van der Waals surface area contributed by atoms with E-state index in [2.05, 4.69) is 126 Å².